The maximum absolute atomic E-state index is 11.9. The molecule has 0 aromatic carbocycles. The number of nitrogens with one attached hydrogen (secondary N) is 1. The number of aromatic nitrogens is 1. The zero-order valence-electron chi connectivity index (χ0n) is 10.6. The number of hydrogen-bond acceptors (Lipinski definition) is 5. The molecule has 0 saturated carbocycles. The number of ether oxygens (including phenoxy) is 1. The second-order valence-corrected chi connectivity index (χ2v) is 4.59. The Labute approximate surface area is 109 Å². The number of rotatable bonds is 4. The van der Waals surface area contributed by atoms with Gasteiger partial charge in [0.1, 0.15) is 11.8 Å². The van der Waals surface area contributed by atoms with Gasteiger partial charge in [-0.1, -0.05) is 5.16 Å². The zero-order chi connectivity index (χ0) is 13.8. The van der Waals surface area contributed by atoms with Crippen LogP contribution < -0.4 is 5.32 Å². The maximum atomic E-state index is 11.9. The minimum Gasteiger partial charge on any atom is -0.480 e. The molecule has 1 aliphatic rings. The number of carboxylic acid groups (broad SMARTS) is 1. The van der Waals surface area contributed by atoms with Crippen LogP contribution in [0.15, 0.2) is 10.6 Å². The van der Waals surface area contributed by atoms with Crippen molar-refractivity contribution in [3.63, 3.8) is 0 Å². The summed E-state index contributed by atoms with van der Waals surface area (Å²) in [6.45, 7) is 2.64. The first-order chi connectivity index (χ1) is 9.08. The van der Waals surface area contributed by atoms with Gasteiger partial charge in [-0.3, -0.25) is 4.79 Å². The Bertz CT molecular complexity index is 464. The molecule has 1 fully saturated rings. The molecule has 0 radical (unpaired) electrons. The fourth-order valence-electron chi connectivity index (χ4n) is 2.10. The molecule has 2 atom stereocenters. The first kappa shape index (κ1) is 13.5. The molecule has 1 aromatic heterocycles. The van der Waals surface area contributed by atoms with E-state index in [1.807, 2.05) is 0 Å². The lowest BCUT2D eigenvalue weighted by Crippen LogP contribution is -2.48. The molecule has 1 saturated heterocycles. The molecule has 104 valence electrons. The highest BCUT2D eigenvalue weighted by atomic mass is 16.5. The van der Waals surface area contributed by atoms with E-state index in [9.17, 15) is 14.7 Å². The van der Waals surface area contributed by atoms with Crippen molar-refractivity contribution in [2.75, 3.05) is 13.2 Å². The topological polar surface area (TPSA) is 102 Å². The Morgan fingerprint density at radius 1 is 1.58 bits per heavy atom. The quantitative estimate of drug-likeness (QED) is 0.828. The largest absolute Gasteiger partial charge is 0.480 e. The van der Waals surface area contributed by atoms with Crippen molar-refractivity contribution in [1.29, 1.82) is 0 Å². The highest BCUT2D eigenvalue weighted by molar-refractivity contribution is 5.94. The summed E-state index contributed by atoms with van der Waals surface area (Å²) in [5.41, 5.74) is 0.0838. The monoisotopic (exact) mass is 268 g/mol. The molecule has 7 heteroatoms. The summed E-state index contributed by atoms with van der Waals surface area (Å²) in [6, 6.07) is 0.496. The average molecular weight is 268 g/mol. The fraction of sp³-hybridized carbons (Fsp3) is 0.583. The molecule has 2 N–H and O–H groups in total. The van der Waals surface area contributed by atoms with Gasteiger partial charge in [-0.25, -0.2) is 4.79 Å². The van der Waals surface area contributed by atoms with Crippen molar-refractivity contribution in [3.8, 4) is 0 Å². The zero-order valence-corrected chi connectivity index (χ0v) is 10.6. The molecule has 7 nitrogen and oxygen atoms in total. The summed E-state index contributed by atoms with van der Waals surface area (Å²) in [4.78, 5) is 23.1. The summed E-state index contributed by atoms with van der Waals surface area (Å²) in [5, 5.41) is 15.2. The van der Waals surface area contributed by atoms with Crippen LogP contribution >= 0.6 is 0 Å². The van der Waals surface area contributed by atoms with E-state index in [1.54, 1.807) is 6.92 Å². The molecular formula is C12H16N2O5. The van der Waals surface area contributed by atoms with Crippen LogP contribution in [0.5, 0.6) is 0 Å². The molecule has 19 heavy (non-hydrogen) atoms. The Morgan fingerprint density at radius 3 is 2.89 bits per heavy atom. The van der Waals surface area contributed by atoms with Crippen LogP contribution in [-0.4, -0.2) is 41.4 Å². The van der Waals surface area contributed by atoms with Gasteiger partial charge in [0, 0.05) is 18.6 Å². The molecule has 0 spiro atoms. The van der Waals surface area contributed by atoms with Gasteiger partial charge in [-0.05, 0) is 19.8 Å². The van der Waals surface area contributed by atoms with Gasteiger partial charge >= 0.3 is 5.97 Å². The highest BCUT2D eigenvalue weighted by Crippen LogP contribution is 2.18. The van der Waals surface area contributed by atoms with Crippen molar-refractivity contribution in [2.45, 2.75) is 25.8 Å². The summed E-state index contributed by atoms with van der Waals surface area (Å²) in [7, 11) is 0. The first-order valence-corrected chi connectivity index (χ1v) is 6.12. The Kier molecular flexibility index (Phi) is 4.16. The smallest absolute Gasteiger partial charge is 0.326 e. The maximum Gasteiger partial charge on any atom is 0.326 e. The number of aliphatic carboxylic acids is 1. The van der Waals surface area contributed by atoms with Crippen molar-refractivity contribution < 1.29 is 24.0 Å². The standard InChI is InChI=1S/C12H16N2O5/c1-7-5-9(14-19-7)11(15)13-10(12(16)17)8-3-2-4-18-6-8/h5,8,10H,2-4,6H2,1H3,(H,13,15)(H,16,17). The van der Waals surface area contributed by atoms with E-state index in [2.05, 4.69) is 10.5 Å². The predicted molar refractivity (Wildman–Crippen MR) is 63.7 cm³/mol. The van der Waals surface area contributed by atoms with Gasteiger partial charge in [-0.15, -0.1) is 0 Å². The molecule has 1 aromatic rings. The molecule has 1 amide bonds. The second kappa shape index (κ2) is 5.83. The lowest BCUT2D eigenvalue weighted by atomic mass is 9.93. The van der Waals surface area contributed by atoms with E-state index in [0.717, 1.165) is 12.8 Å². The molecule has 0 aliphatic carbocycles. The predicted octanol–water partition coefficient (Wildman–Crippen LogP) is 0.593. The number of carboxylic acids is 1. The number of amides is 1. The molecule has 2 rings (SSSR count). The van der Waals surface area contributed by atoms with Gasteiger partial charge in [0.2, 0.25) is 0 Å². The van der Waals surface area contributed by atoms with Crippen LogP contribution in [0.25, 0.3) is 0 Å². The van der Waals surface area contributed by atoms with Gasteiger partial charge in [0.15, 0.2) is 5.69 Å². The van der Waals surface area contributed by atoms with Crippen molar-refractivity contribution in [3.05, 3.63) is 17.5 Å². The third-order valence-corrected chi connectivity index (χ3v) is 3.08. The minimum atomic E-state index is -1.07. The van der Waals surface area contributed by atoms with Crippen molar-refractivity contribution in [2.24, 2.45) is 5.92 Å². The van der Waals surface area contributed by atoms with Gasteiger partial charge in [0.05, 0.1) is 6.61 Å². The SMILES string of the molecule is Cc1cc(C(=O)NC(C(=O)O)C2CCCOC2)no1. The van der Waals surface area contributed by atoms with E-state index in [1.165, 1.54) is 6.07 Å². The summed E-state index contributed by atoms with van der Waals surface area (Å²) < 4.78 is 10.0. The van der Waals surface area contributed by atoms with E-state index in [-0.39, 0.29) is 11.6 Å². The lowest BCUT2D eigenvalue weighted by molar-refractivity contribution is -0.142. The fourth-order valence-corrected chi connectivity index (χ4v) is 2.10. The Hall–Kier alpha value is -1.89. The second-order valence-electron chi connectivity index (χ2n) is 4.59. The van der Waals surface area contributed by atoms with Crippen LogP contribution in [0.1, 0.15) is 29.1 Å². The normalized spacial score (nSPS) is 20.8. The van der Waals surface area contributed by atoms with Crippen LogP contribution in [0.2, 0.25) is 0 Å². The third-order valence-electron chi connectivity index (χ3n) is 3.08. The summed E-state index contributed by atoms with van der Waals surface area (Å²) in [5.74, 6) is -1.33. The van der Waals surface area contributed by atoms with Crippen molar-refractivity contribution >= 4 is 11.9 Å². The van der Waals surface area contributed by atoms with Crippen molar-refractivity contribution in [1.82, 2.24) is 10.5 Å². The van der Waals surface area contributed by atoms with Crippen LogP contribution in [-0.2, 0) is 9.53 Å². The summed E-state index contributed by atoms with van der Waals surface area (Å²) in [6.07, 6.45) is 1.52. The van der Waals surface area contributed by atoms with Gasteiger partial charge < -0.3 is 19.7 Å². The van der Waals surface area contributed by atoms with Crippen LogP contribution in [0.4, 0.5) is 0 Å². The molecule has 2 unspecified atom stereocenters. The minimum absolute atomic E-state index is 0.0838. The molecule has 0 bridgehead atoms. The summed E-state index contributed by atoms with van der Waals surface area (Å²) >= 11 is 0. The first-order valence-electron chi connectivity index (χ1n) is 6.12. The van der Waals surface area contributed by atoms with Crippen LogP contribution in [0.3, 0.4) is 0 Å². The Balaban J connectivity index is 2.04. The third kappa shape index (κ3) is 3.31. The van der Waals surface area contributed by atoms with E-state index < -0.39 is 17.9 Å². The number of aryl methyl sites for hydroxylation is 1. The van der Waals surface area contributed by atoms with Crippen LogP contribution in [0, 0.1) is 12.8 Å². The van der Waals surface area contributed by atoms with Gasteiger partial charge in [-0.2, -0.15) is 0 Å². The lowest BCUT2D eigenvalue weighted by Gasteiger charge is -2.27. The Morgan fingerprint density at radius 2 is 2.37 bits per heavy atom. The van der Waals surface area contributed by atoms with E-state index in [4.69, 9.17) is 9.26 Å². The van der Waals surface area contributed by atoms with E-state index in [0.29, 0.717) is 19.0 Å². The average Bonchev–Trinajstić information content (AvgIpc) is 2.83. The van der Waals surface area contributed by atoms with Gasteiger partial charge in [0.25, 0.3) is 5.91 Å². The van der Waals surface area contributed by atoms with E-state index >= 15 is 0 Å². The number of carbonyl (C=O) groups is 2. The number of hydrogen-bond donors (Lipinski definition) is 2. The highest BCUT2D eigenvalue weighted by Gasteiger charge is 2.32. The number of carbonyl (C=O) groups excluding carboxylic acids is 1. The molecular weight excluding hydrogens is 252 g/mol. The number of nitrogens with zero attached hydrogens (tertiary/aromatic N) is 1. The molecule has 1 aliphatic heterocycles. The molecule has 2 heterocycles.